The first-order valence-electron chi connectivity index (χ1n) is 7.77. The van der Waals surface area contributed by atoms with Crippen molar-refractivity contribution in [2.24, 2.45) is 0 Å². The molecule has 0 bridgehead atoms. The molecule has 0 aliphatic heterocycles. The summed E-state index contributed by atoms with van der Waals surface area (Å²) in [5.41, 5.74) is 0.776. The molecule has 2 aromatic heterocycles. The Balaban J connectivity index is 1.63. The number of benzene rings is 2. The average Bonchev–Trinajstić information content (AvgIpc) is 3.15. The van der Waals surface area contributed by atoms with Gasteiger partial charge in [-0.3, -0.25) is 10.1 Å². The third-order valence-electron chi connectivity index (χ3n) is 3.69. The summed E-state index contributed by atoms with van der Waals surface area (Å²) in [5.74, 6) is 0.0375. The van der Waals surface area contributed by atoms with E-state index >= 15 is 0 Å². The molecular weight excluding hydrogens is 395 g/mol. The minimum Gasteiger partial charge on any atom is -0.494 e. The maximum atomic E-state index is 13.4. The highest BCUT2D eigenvalue weighted by molar-refractivity contribution is 7.23. The van der Waals surface area contributed by atoms with Crippen LogP contribution in [0.4, 0.5) is 9.52 Å². The van der Waals surface area contributed by atoms with Gasteiger partial charge >= 0.3 is 0 Å². The third kappa shape index (κ3) is 3.13. The lowest BCUT2D eigenvalue weighted by molar-refractivity contribution is 0.103. The van der Waals surface area contributed by atoms with E-state index in [1.165, 1.54) is 23.5 Å². The molecule has 4 rings (SSSR count). The molecule has 1 amide bonds. The highest BCUT2D eigenvalue weighted by Gasteiger charge is 2.19. The summed E-state index contributed by atoms with van der Waals surface area (Å²) < 4.78 is 20.4. The van der Waals surface area contributed by atoms with Gasteiger partial charge in [-0.25, -0.2) is 9.37 Å². The second kappa shape index (κ2) is 6.83. The molecule has 0 spiro atoms. The summed E-state index contributed by atoms with van der Waals surface area (Å²) in [6.07, 6.45) is 0. The van der Waals surface area contributed by atoms with Crippen molar-refractivity contribution >= 4 is 65.6 Å². The fourth-order valence-electron chi connectivity index (χ4n) is 2.55. The molecule has 1 N–H and O–H groups in total. The fourth-order valence-corrected chi connectivity index (χ4v) is 4.88. The van der Waals surface area contributed by atoms with Gasteiger partial charge in [0.05, 0.1) is 21.8 Å². The summed E-state index contributed by atoms with van der Waals surface area (Å²) >= 11 is 8.81. The molecule has 0 fully saturated rings. The number of amides is 1. The zero-order valence-electron chi connectivity index (χ0n) is 13.5. The van der Waals surface area contributed by atoms with Gasteiger partial charge in [0.2, 0.25) is 0 Å². The van der Waals surface area contributed by atoms with E-state index in [9.17, 15) is 9.18 Å². The van der Waals surface area contributed by atoms with Crippen molar-refractivity contribution in [2.75, 3.05) is 11.9 Å². The van der Waals surface area contributed by atoms with Crippen molar-refractivity contribution in [1.29, 1.82) is 0 Å². The Bertz CT molecular complexity index is 1140. The molecule has 0 radical (unpaired) electrons. The molecule has 4 aromatic rings. The number of nitrogens with one attached hydrogen (secondary N) is 1. The van der Waals surface area contributed by atoms with Crippen molar-refractivity contribution in [1.82, 2.24) is 4.98 Å². The van der Waals surface area contributed by atoms with E-state index in [0.29, 0.717) is 31.7 Å². The van der Waals surface area contributed by atoms with Crippen LogP contribution < -0.4 is 10.1 Å². The molecule has 132 valence electrons. The largest absolute Gasteiger partial charge is 0.494 e. The van der Waals surface area contributed by atoms with Crippen LogP contribution >= 0.6 is 34.3 Å². The SMILES string of the molecule is CCOc1ccc2nc(NC(=O)c3sc4cc(F)ccc4c3Cl)sc2c1. The number of aromatic nitrogens is 1. The van der Waals surface area contributed by atoms with Crippen LogP contribution in [0.15, 0.2) is 36.4 Å². The van der Waals surface area contributed by atoms with Crippen molar-refractivity contribution in [3.8, 4) is 5.75 Å². The van der Waals surface area contributed by atoms with E-state index < -0.39 is 0 Å². The van der Waals surface area contributed by atoms with Gasteiger partial charge < -0.3 is 4.74 Å². The van der Waals surface area contributed by atoms with Gasteiger partial charge in [-0.05, 0) is 43.3 Å². The molecule has 26 heavy (non-hydrogen) atoms. The number of carbonyl (C=O) groups is 1. The van der Waals surface area contributed by atoms with Crippen LogP contribution in [0.3, 0.4) is 0 Å². The first-order chi connectivity index (χ1) is 12.5. The van der Waals surface area contributed by atoms with E-state index in [1.807, 2.05) is 25.1 Å². The molecule has 0 saturated heterocycles. The second-order valence-electron chi connectivity index (χ2n) is 5.42. The molecule has 0 saturated carbocycles. The standard InChI is InChI=1S/C18H12ClFN2O2S2/c1-2-24-10-4-6-12-14(8-10)26-18(21-12)22-17(23)16-15(19)11-5-3-9(20)7-13(11)25-16/h3-8H,2H2,1H3,(H,21,22,23). The lowest BCUT2D eigenvalue weighted by Crippen LogP contribution is -2.10. The number of ether oxygens (including phenoxy) is 1. The number of rotatable bonds is 4. The maximum Gasteiger partial charge on any atom is 0.269 e. The minimum atomic E-state index is -0.362. The van der Waals surface area contributed by atoms with Crippen LogP contribution in [0.5, 0.6) is 5.75 Å². The Labute approximate surface area is 161 Å². The molecule has 4 nitrogen and oxygen atoms in total. The lowest BCUT2D eigenvalue weighted by atomic mass is 10.2. The lowest BCUT2D eigenvalue weighted by Gasteiger charge is -2.00. The number of fused-ring (bicyclic) bond motifs is 2. The zero-order valence-corrected chi connectivity index (χ0v) is 15.9. The summed E-state index contributed by atoms with van der Waals surface area (Å²) in [6, 6.07) is 9.85. The third-order valence-corrected chi connectivity index (χ3v) is 6.28. The van der Waals surface area contributed by atoms with E-state index in [1.54, 1.807) is 6.07 Å². The van der Waals surface area contributed by atoms with Crippen molar-refractivity contribution < 1.29 is 13.9 Å². The number of hydrogen-bond acceptors (Lipinski definition) is 5. The predicted molar refractivity (Wildman–Crippen MR) is 106 cm³/mol. The molecule has 8 heteroatoms. The van der Waals surface area contributed by atoms with Gasteiger partial charge in [0, 0.05) is 10.1 Å². The number of halogens is 2. The van der Waals surface area contributed by atoms with E-state index in [0.717, 1.165) is 27.3 Å². The van der Waals surface area contributed by atoms with Gasteiger partial charge in [-0.2, -0.15) is 0 Å². The molecule has 0 unspecified atom stereocenters. The van der Waals surface area contributed by atoms with Crippen LogP contribution in [0.1, 0.15) is 16.6 Å². The van der Waals surface area contributed by atoms with E-state index in [-0.39, 0.29) is 11.7 Å². The molecule has 2 aromatic carbocycles. The fraction of sp³-hybridized carbons (Fsp3) is 0.111. The van der Waals surface area contributed by atoms with E-state index in [4.69, 9.17) is 16.3 Å². The molecule has 0 atom stereocenters. The Morgan fingerprint density at radius 2 is 2.08 bits per heavy atom. The van der Waals surface area contributed by atoms with Crippen LogP contribution in [0, 0.1) is 5.82 Å². The van der Waals surface area contributed by atoms with Crippen molar-refractivity contribution in [3.05, 3.63) is 52.1 Å². The van der Waals surface area contributed by atoms with Gasteiger partial charge in [0.1, 0.15) is 16.4 Å². The van der Waals surface area contributed by atoms with Crippen LogP contribution in [-0.4, -0.2) is 17.5 Å². The molecular formula is C18H12ClFN2O2S2. The van der Waals surface area contributed by atoms with Gasteiger partial charge in [-0.15, -0.1) is 11.3 Å². The molecule has 0 aliphatic rings. The van der Waals surface area contributed by atoms with Crippen LogP contribution in [-0.2, 0) is 0 Å². The Morgan fingerprint density at radius 1 is 1.23 bits per heavy atom. The van der Waals surface area contributed by atoms with Gasteiger partial charge in [0.15, 0.2) is 5.13 Å². The van der Waals surface area contributed by atoms with E-state index in [2.05, 4.69) is 10.3 Å². The zero-order chi connectivity index (χ0) is 18.3. The number of thiazole rings is 1. The highest BCUT2D eigenvalue weighted by Crippen LogP contribution is 2.37. The second-order valence-corrected chi connectivity index (χ2v) is 7.88. The first kappa shape index (κ1) is 17.2. The Kier molecular flexibility index (Phi) is 4.52. The summed E-state index contributed by atoms with van der Waals surface area (Å²) in [7, 11) is 0. The number of nitrogens with zero attached hydrogens (tertiary/aromatic N) is 1. The normalized spacial score (nSPS) is 11.2. The monoisotopic (exact) mass is 406 g/mol. The number of anilines is 1. The topological polar surface area (TPSA) is 51.2 Å². The quantitative estimate of drug-likeness (QED) is 0.455. The Hall–Kier alpha value is -2.22. The van der Waals surface area contributed by atoms with Gasteiger partial charge in [-0.1, -0.05) is 22.9 Å². The number of thiophene rings is 1. The highest BCUT2D eigenvalue weighted by atomic mass is 35.5. The van der Waals surface area contributed by atoms with Crippen molar-refractivity contribution in [3.63, 3.8) is 0 Å². The van der Waals surface area contributed by atoms with Crippen molar-refractivity contribution in [2.45, 2.75) is 6.92 Å². The number of hydrogen-bond donors (Lipinski definition) is 1. The average molecular weight is 407 g/mol. The summed E-state index contributed by atoms with van der Waals surface area (Å²) in [4.78, 5) is 17.3. The van der Waals surface area contributed by atoms with Crippen LogP contribution in [0.2, 0.25) is 5.02 Å². The van der Waals surface area contributed by atoms with Crippen LogP contribution in [0.25, 0.3) is 20.3 Å². The number of carbonyl (C=O) groups excluding carboxylic acids is 1. The smallest absolute Gasteiger partial charge is 0.269 e. The Morgan fingerprint density at radius 3 is 2.88 bits per heavy atom. The maximum absolute atomic E-state index is 13.4. The molecule has 2 heterocycles. The first-order valence-corrected chi connectivity index (χ1v) is 9.78. The predicted octanol–water partition coefficient (Wildman–Crippen LogP) is 5.95. The molecule has 0 aliphatic carbocycles. The minimum absolute atomic E-state index is 0.322. The van der Waals surface area contributed by atoms with Gasteiger partial charge in [0.25, 0.3) is 5.91 Å². The summed E-state index contributed by atoms with van der Waals surface area (Å²) in [6.45, 7) is 2.50. The summed E-state index contributed by atoms with van der Waals surface area (Å²) in [5, 5.41) is 4.23.